The molecule has 1 N–H and O–H groups in total. The van der Waals surface area contributed by atoms with Crippen LogP contribution in [0, 0.1) is 10.1 Å². The van der Waals surface area contributed by atoms with Crippen molar-refractivity contribution in [2.75, 3.05) is 18.9 Å². The minimum absolute atomic E-state index is 0.0403. The first-order chi connectivity index (χ1) is 8.88. The zero-order valence-corrected chi connectivity index (χ0v) is 11.8. The Morgan fingerprint density at radius 3 is 2.74 bits per heavy atom. The molecule has 0 heterocycles. The lowest BCUT2D eigenvalue weighted by molar-refractivity contribution is -0.383. The van der Waals surface area contributed by atoms with E-state index in [2.05, 4.69) is 5.32 Å². The van der Waals surface area contributed by atoms with Crippen LogP contribution in [0.25, 0.3) is 0 Å². The van der Waals surface area contributed by atoms with Gasteiger partial charge in [-0.2, -0.15) is 0 Å². The SMILES string of the molecule is CCN(C)C(=O)C(C)Nc1cccc(Cl)c1[N+](=O)[O-]. The van der Waals surface area contributed by atoms with Crippen LogP contribution in [0.15, 0.2) is 18.2 Å². The van der Waals surface area contributed by atoms with Crippen LogP contribution in [0.3, 0.4) is 0 Å². The summed E-state index contributed by atoms with van der Waals surface area (Å²) in [4.78, 5) is 23.8. The number of hydrogen-bond acceptors (Lipinski definition) is 4. The van der Waals surface area contributed by atoms with Crippen LogP contribution in [-0.4, -0.2) is 35.4 Å². The minimum atomic E-state index is -0.567. The van der Waals surface area contributed by atoms with Crippen molar-refractivity contribution in [2.45, 2.75) is 19.9 Å². The fraction of sp³-hybridized carbons (Fsp3) is 0.417. The first kappa shape index (κ1) is 15.2. The molecule has 1 aromatic carbocycles. The third-order valence-corrected chi connectivity index (χ3v) is 3.07. The van der Waals surface area contributed by atoms with E-state index in [1.54, 1.807) is 20.0 Å². The highest BCUT2D eigenvalue weighted by Gasteiger charge is 2.22. The van der Waals surface area contributed by atoms with Gasteiger partial charge in [-0.3, -0.25) is 14.9 Å². The molecule has 0 aliphatic rings. The zero-order chi connectivity index (χ0) is 14.6. The van der Waals surface area contributed by atoms with Gasteiger partial charge in [-0.1, -0.05) is 17.7 Å². The number of rotatable bonds is 5. The average Bonchev–Trinajstić information content (AvgIpc) is 2.36. The zero-order valence-electron chi connectivity index (χ0n) is 11.0. The number of anilines is 1. The lowest BCUT2D eigenvalue weighted by Crippen LogP contribution is -2.38. The molecule has 0 saturated carbocycles. The molecule has 0 aromatic heterocycles. The van der Waals surface area contributed by atoms with Crippen molar-refractivity contribution in [3.05, 3.63) is 33.3 Å². The highest BCUT2D eigenvalue weighted by atomic mass is 35.5. The van der Waals surface area contributed by atoms with Gasteiger partial charge in [0.15, 0.2) is 0 Å². The number of carbonyl (C=O) groups is 1. The second-order valence-corrected chi connectivity index (χ2v) is 4.52. The number of nitrogens with one attached hydrogen (secondary N) is 1. The van der Waals surface area contributed by atoms with Gasteiger partial charge in [-0.05, 0) is 26.0 Å². The van der Waals surface area contributed by atoms with Gasteiger partial charge < -0.3 is 10.2 Å². The molecule has 0 aliphatic carbocycles. The van der Waals surface area contributed by atoms with Gasteiger partial charge in [-0.15, -0.1) is 0 Å². The number of nitrogens with zero attached hydrogens (tertiary/aromatic N) is 2. The molecule has 6 nitrogen and oxygen atoms in total. The topological polar surface area (TPSA) is 75.5 Å². The van der Waals surface area contributed by atoms with E-state index in [-0.39, 0.29) is 22.3 Å². The number of carbonyl (C=O) groups excluding carboxylic acids is 1. The van der Waals surface area contributed by atoms with Crippen molar-refractivity contribution in [3.8, 4) is 0 Å². The van der Waals surface area contributed by atoms with E-state index in [1.165, 1.54) is 17.0 Å². The van der Waals surface area contributed by atoms with E-state index in [9.17, 15) is 14.9 Å². The molecule has 1 amide bonds. The van der Waals surface area contributed by atoms with Gasteiger partial charge >= 0.3 is 5.69 Å². The summed E-state index contributed by atoms with van der Waals surface area (Å²) >= 11 is 5.80. The second kappa shape index (κ2) is 6.38. The molecular weight excluding hydrogens is 270 g/mol. The maximum atomic E-state index is 11.9. The molecule has 0 radical (unpaired) electrons. The van der Waals surface area contributed by atoms with Crippen molar-refractivity contribution in [1.29, 1.82) is 0 Å². The number of amides is 1. The second-order valence-electron chi connectivity index (χ2n) is 4.11. The smallest absolute Gasteiger partial charge is 0.310 e. The summed E-state index contributed by atoms with van der Waals surface area (Å²) in [5.41, 5.74) is 0.0193. The van der Waals surface area contributed by atoms with E-state index in [4.69, 9.17) is 11.6 Å². The van der Waals surface area contributed by atoms with E-state index in [0.717, 1.165) is 0 Å². The third kappa shape index (κ3) is 3.57. The van der Waals surface area contributed by atoms with Crippen LogP contribution in [0.2, 0.25) is 5.02 Å². The molecule has 0 aliphatic heterocycles. The summed E-state index contributed by atoms with van der Waals surface area (Å²) in [5, 5.41) is 13.8. The lowest BCUT2D eigenvalue weighted by Gasteiger charge is -2.21. The number of benzene rings is 1. The summed E-state index contributed by atoms with van der Waals surface area (Å²) in [6.45, 7) is 4.08. The molecule has 0 fully saturated rings. The van der Waals surface area contributed by atoms with Crippen LogP contribution < -0.4 is 5.32 Å². The highest BCUT2D eigenvalue weighted by Crippen LogP contribution is 2.32. The Labute approximate surface area is 116 Å². The Hall–Kier alpha value is -1.82. The van der Waals surface area contributed by atoms with Gasteiger partial charge in [0.25, 0.3) is 0 Å². The van der Waals surface area contributed by atoms with Gasteiger partial charge in [0.05, 0.1) is 4.92 Å². The molecule has 1 rings (SSSR count). The molecule has 1 unspecified atom stereocenters. The monoisotopic (exact) mass is 285 g/mol. The number of halogens is 1. The summed E-state index contributed by atoms with van der Waals surface area (Å²) in [5.74, 6) is -0.142. The van der Waals surface area contributed by atoms with E-state index < -0.39 is 11.0 Å². The van der Waals surface area contributed by atoms with E-state index in [0.29, 0.717) is 6.54 Å². The van der Waals surface area contributed by atoms with E-state index in [1.807, 2.05) is 6.92 Å². The number of hydrogen-bond donors (Lipinski definition) is 1. The standard InChI is InChI=1S/C12H16ClN3O3/c1-4-15(3)12(17)8(2)14-10-7-5-6-9(13)11(10)16(18)19/h5-8,14H,4H2,1-3H3. The predicted molar refractivity (Wildman–Crippen MR) is 74.5 cm³/mol. The van der Waals surface area contributed by atoms with Crippen molar-refractivity contribution in [2.24, 2.45) is 0 Å². The average molecular weight is 286 g/mol. The molecule has 1 atom stereocenters. The van der Waals surface area contributed by atoms with Crippen molar-refractivity contribution in [3.63, 3.8) is 0 Å². The Bertz CT molecular complexity index is 493. The summed E-state index contributed by atoms with van der Waals surface area (Å²) in [6.07, 6.45) is 0. The molecular formula is C12H16ClN3O3. The predicted octanol–water partition coefficient (Wildman–Crippen LogP) is 2.53. The number of nitro benzene ring substituents is 1. The van der Waals surface area contributed by atoms with Crippen LogP contribution in [0.4, 0.5) is 11.4 Å². The van der Waals surface area contributed by atoms with Crippen molar-refractivity contribution in [1.82, 2.24) is 4.90 Å². The molecule has 0 saturated heterocycles. The molecule has 19 heavy (non-hydrogen) atoms. The third-order valence-electron chi connectivity index (χ3n) is 2.76. The normalized spacial score (nSPS) is 11.8. The summed E-state index contributed by atoms with van der Waals surface area (Å²) in [7, 11) is 1.67. The first-order valence-corrected chi connectivity index (χ1v) is 6.20. The lowest BCUT2D eigenvalue weighted by atomic mass is 10.2. The Kier molecular flexibility index (Phi) is 5.11. The maximum Gasteiger partial charge on any atom is 0.310 e. The van der Waals surface area contributed by atoms with Crippen LogP contribution in [0.1, 0.15) is 13.8 Å². The Morgan fingerprint density at radius 1 is 1.58 bits per heavy atom. The van der Waals surface area contributed by atoms with Crippen molar-refractivity contribution < 1.29 is 9.72 Å². The van der Waals surface area contributed by atoms with Gasteiger partial charge in [0.2, 0.25) is 5.91 Å². The van der Waals surface area contributed by atoms with Crippen LogP contribution in [-0.2, 0) is 4.79 Å². The Morgan fingerprint density at radius 2 is 2.21 bits per heavy atom. The quantitative estimate of drug-likeness (QED) is 0.666. The fourth-order valence-corrected chi connectivity index (χ4v) is 1.84. The highest BCUT2D eigenvalue weighted by molar-refractivity contribution is 6.33. The summed E-state index contributed by atoms with van der Waals surface area (Å²) < 4.78 is 0. The fourth-order valence-electron chi connectivity index (χ4n) is 1.60. The van der Waals surface area contributed by atoms with Crippen LogP contribution >= 0.6 is 11.6 Å². The molecule has 104 valence electrons. The number of nitro groups is 1. The van der Waals surface area contributed by atoms with Crippen LogP contribution in [0.5, 0.6) is 0 Å². The molecule has 0 spiro atoms. The number of likely N-dealkylation sites (N-methyl/N-ethyl adjacent to an activating group) is 1. The molecule has 7 heteroatoms. The van der Waals surface area contributed by atoms with Crippen molar-refractivity contribution >= 4 is 28.9 Å². The van der Waals surface area contributed by atoms with E-state index >= 15 is 0 Å². The van der Waals surface area contributed by atoms with Gasteiger partial charge in [0, 0.05) is 13.6 Å². The molecule has 0 bridgehead atoms. The first-order valence-electron chi connectivity index (χ1n) is 5.82. The molecule has 1 aromatic rings. The maximum absolute atomic E-state index is 11.9. The summed E-state index contributed by atoms with van der Waals surface area (Å²) in [6, 6.07) is 4.00. The van der Waals surface area contributed by atoms with Gasteiger partial charge in [-0.25, -0.2) is 0 Å². The minimum Gasteiger partial charge on any atom is -0.368 e. The number of para-hydroxylation sites is 1. The largest absolute Gasteiger partial charge is 0.368 e. The van der Waals surface area contributed by atoms with Gasteiger partial charge in [0.1, 0.15) is 16.8 Å². The Balaban J connectivity index is 2.97.